The van der Waals surface area contributed by atoms with Crippen molar-refractivity contribution in [1.82, 2.24) is 0 Å². The molecular weight excluding hydrogens is 336 g/mol. The first kappa shape index (κ1) is 18.4. The summed E-state index contributed by atoms with van der Waals surface area (Å²) in [5, 5.41) is 22.7. The van der Waals surface area contributed by atoms with Gasteiger partial charge in [0, 0.05) is 5.56 Å². The van der Waals surface area contributed by atoms with Crippen LogP contribution in [0.15, 0.2) is 54.1 Å². The summed E-state index contributed by atoms with van der Waals surface area (Å²) < 4.78 is 4.59. The highest BCUT2D eigenvalue weighted by atomic mass is 16.5. The molecule has 1 amide bonds. The molecular formula is C19H13N2O5-. The summed E-state index contributed by atoms with van der Waals surface area (Å²) in [6, 6.07) is 13.6. The number of benzene rings is 2. The standard InChI is InChI=1S/C19H14N2O5/c1-26-19(25)13-8-6-12(7-9-13)10-14(11-20)17(22)21-16-5-3-2-4-15(16)18(23)24/h2-10H,1H3,(H,21,22)(H,23,24)/p-1/b14-10+. The van der Waals surface area contributed by atoms with Gasteiger partial charge >= 0.3 is 5.97 Å². The molecule has 0 bridgehead atoms. The van der Waals surface area contributed by atoms with Gasteiger partial charge in [-0.1, -0.05) is 30.3 Å². The van der Waals surface area contributed by atoms with Crippen molar-refractivity contribution in [3.63, 3.8) is 0 Å². The van der Waals surface area contributed by atoms with Crippen LogP contribution in [0.4, 0.5) is 5.69 Å². The summed E-state index contributed by atoms with van der Waals surface area (Å²) in [6.45, 7) is 0. The fourth-order valence-corrected chi connectivity index (χ4v) is 2.11. The topological polar surface area (TPSA) is 119 Å². The van der Waals surface area contributed by atoms with E-state index in [4.69, 9.17) is 0 Å². The third-order valence-corrected chi connectivity index (χ3v) is 3.40. The third kappa shape index (κ3) is 4.33. The second kappa shape index (κ2) is 8.26. The van der Waals surface area contributed by atoms with Crippen molar-refractivity contribution >= 4 is 29.6 Å². The quantitative estimate of drug-likeness (QED) is 0.495. The van der Waals surface area contributed by atoms with Crippen molar-refractivity contribution in [2.45, 2.75) is 0 Å². The van der Waals surface area contributed by atoms with Gasteiger partial charge in [0.25, 0.3) is 5.91 Å². The van der Waals surface area contributed by atoms with Crippen LogP contribution in [-0.4, -0.2) is 25.0 Å². The van der Waals surface area contributed by atoms with Crippen LogP contribution in [0.2, 0.25) is 0 Å². The van der Waals surface area contributed by atoms with E-state index in [0.29, 0.717) is 11.1 Å². The summed E-state index contributed by atoms with van der Waals surface area (Å²) in [5.74, 6) is -2.71. The van der Waals surface area contributed by atoms with E-state index in [0.717, 1.165) is 0 Å². The summed E-state index contributed by atoms with van der Waals surface area (Å²) in [6.07, 6.45) is 1.32. The number of para-hydroxylation sites is 1. The maximum absolute atomic E-state index is 12.3. The van der Waals surface area contributed by atoms with Crippen LogP contribution in [-0.2, 0) is 9.53 Å². The molecule has 2 aromatic carbocycles. The number of nitrogens with zero attached hydrogens (tertiary/aromatic N) is 1. The molecule has 0 heterocycles. The Kier molecular flexibility index (Phi) is 5.85. The fourth-order valence-electron chi connectivity index (χ4n) is 2.11. The summed E-state index contributed by atoms with van der Waals surface area (Å²) >= 11 is 0. The molecule has 0 fully saturated rings. The van der Waals surface area contributed by atoms with E-state index >= 15 is 0 Å². The average molecular weight is 349 g/mol. The number of anilines is 1. The van der Waals surface area contributed by atoms with Gasteiger partial charge in [0.2, 0.25) is 0 Å². The van der Waals surface area contributed by atoms with Gasteiger partial charge in [0.1, 0.15) is 11.6 Å². The van der Waals surface area contributed by atoms with Gasteiger partial charge in [-0.2, -0.15) is 5.26 Å². The summed E-state index contributed by atoms with van der Waals surface area (Å²) in [5.41, 5.74) is 0.442. The van der Waals surface area contributed by atoms with Crippen molar-refractivity contribution in [2.75, 3.05) is 12.4 Å². The van der Waals surface area contributed by atoms with E-state index in [1.54, 1.807) is 24.3 Å². The first-order valence-electron chi connectivity index (χ1n) is 7.38. The number of carbonyl (C=O) groups excluding carboxylic acids is 3. The Balaban J connectivity index is 2.24. The molecule has 0 unspecified atom stereocenters. The maximum atomic E-state index is 12.3. The predicted octanol–water partition coefficient (Wildman–Crippen LogP) is 1.38. The van der Waals surface area contributed by atoms with Gasteiger partial charge in [0.05, 0.1) is 24.3 Å². The highest BCUT2D eigenvalue weighted by Crippen LogP contribution is 2.16. The van der Waals surface area contributed by atoms with Crippen LogP contribution in [0.5, 0.6) is 0 Å². The largest absolute Gasteiger partial charge is 0.545 e. The van der Waals surface area contributed by atoms with Crippen LogP contribution < -0.4 is 10.4 Å². The molecule has 0 radical (unpaired) electrons. The second-order valence-corrected chi connectivity index (χ2v) is 5.07. The van der Waals surface area contributed by atoms with Gasteiger partial charge in [-0.25, -0.2) is 4.79 Å². The summed E-state index contributed by atoms with van der Waals surface area (Å²) in [7, 11) is 1.26. The SMILES string of the molecule is COC(=O)c1ccc(/C=C(\C#N)C(=O)Nc2ccccc2C(=O)[O-])cc1. The van der Waals surface area contributed by atoms with E-state index in [-0.39, 0.29) is 16.8 Å². The molecule has 2 rings (SSSR count). The van der Waals surface area contributed by atoms with Gasteiger partial charge in [-0.05, 0) is 29.8 Å². The van der Waals surface area contributed by atoms with E-state index in [2.05, 4.69) is 10.1 Å². The first-order chi connectivity index (χ1) is 12.5. The fraction of sp³-hybridized carbons (Fsp3) is 0.0526. The number of amides is 1. The molecule has 0 saturated carbocycles. The van der Waals surface area contributed by atoms with E-state index < -0.39 is 17.8 Å². The van der Waals surface area contributed by atoms with E-state index in [1.807, 2.05) is 0 Å². The minimum atomic E-state index is -1.44. The number of hydrogen-bond acceptors (Lipinski definition) is 6. The minimum absolute atomic E-state index is 0.0275. The Labute approximate surface area is 149 Å². The zero-order chi connectivity index (χ0) is 19.1. The number of aromatic carboxylic acids is 1. The molecule has 7 heteroatoms. The van der Waals surface area contributed by atoms with Crippen LogP contribution in [0.1, 0.15) is 26.3 Å². The number of carbonyl (C=O) groups is 3. The zero-order valence-corrected chi connectivity index (χ0v) is 13.7. The molecule has 0 aromatic heterocycles. The lowest BCUT2D eigenvalue weighted by molar-refractivity contribution is -0.254. The Morgan fingerprint density at radius 3 is 2.35 bits per heavy atom. The molecule has 1 N–H and O–H groups in total. The number of rotatable bonds is 5. The highest BCUT2D eigenvalue weighted by Gasteiger charge is 2.12. The van der Waals surface area contributed by atoms with Crippen molar-refractivity contribution < 1.29 is 24.2 Å². The lowest BCUT2D eigenvalue weighted by atomic mass is 10.1. The van der Waals surface area contributed by atoms with Crippen molar-refractivity contribution in [3.8, 4) is 6.07 Å². The number of esters is 1. The molecule has 0 spiro atoms. The van der Waals surface area contributed by atoms with Crippen LogP contribution in [0.25, 0.3) is 6.08 Å². The lowest BCUT2D eigenvalue weighted by Crippen LogP contribution is -2.25. The average Bonchev–Trinajstić information content (AvgIpc) is 2.66. The number of carboxylic acid groups (broad SMARTS) is 1. The molecule has 0 saturated heterocycles. The molecule has 0 aliphatic rings. The number of hydrogen-bond donors (Lipinski definition) is 1. The Morgan fingerprint density at radius 1 is 1.12 bits per heavy atom. The summed E-state index contributed by atoms with van der Waals surface area (Å²) in [4.78, 5) is 34.7. The molecule has 130 valence electrons. The molecule has 26 heavy (non-hydrogen) atoms. The normalized spacial score (nSPS) is 10.5. The Bertz CT molecular complexity index is 924. The van der Waals surface area contributed by atoms with Crippen LogP contribution in [0, 0.1) is 11.3 Å². The molecule has 0 atom stereocenters. The first-order valence-corrected chi connectivity index (χ1v) is 7.38. The van der Waals surface area contributed by atoms with Crippen molar-refractivity contribution in [2.24, 2.45) is 0 Å². The third-order valence-electron chi connectivity index (χ3n) is 3.40. The second-order valence-electron chi connectivity index (χ2n) is 5.07. The van der Waals surface area contributed by atoms with Crippen molar-refractivity contribution in [3.05, 3.63) is 70.8 Å². The number of ether oxygens (including phenoxy) is 1. The highest BCUT2D eigenvalue weighted by molar-refractivity contribution is 6.11. The Hall–Kier alpha value is -3.92. The van der Waals surface area contributed by atoms with Crippen LogP contribution in [0.3, 0.4) is 0 Å². The lowest BCUT2D eigenvalue weighted by Gasteiger charge is -2.11. The number of nitriles is 1. The smallest absolute Gasteiger partial charge is 0.337 e. The number of methoxy groups -OCH3 is 1. The maximum Gasteiger partial charge on any atom is 0.337 e. The van der Waals surface area contributed by atoms with Gasteiger partial charge < -0.3 is 20.0 Å². The zero-order valence-electron chi connectivity index (χ0n) is 13.7. The molecule has 0 aliphatic heterocycles. The van der Waals surface area contributed by atoms with Crippen molar-refractivity contribution in [1.29, 1.82) is 5.26 Å². The minimum Gasteiger partial charge on any atom is -0.545 e. The van der Waals surface area contributed by atoms with Gasteiger partial charge in [-0.15, -0.1) is 0 Å². The van der Waals surface area contributed by atoms with E-state index in [9.17, 15) is 24.8 Å². The molecule has 2 aromatic rings. The van der Waals surface area contributed by atoms with Crippen LogP contribution >= 0.6 is 0 Å². The monoisotopic (exact) mass is 349 g/mol. The Morgan fingerprint density at radius 2 is 1.77 bits per heavy atom. The molecule has 7 nitrogen and oxygen atoms in total. The number of nitrogens with one attached hydrogen (secondary N) is 1. The predicted molar refractivity (Wildman–Crippen MR) is 90.8 cm³/mol. The molecule has 0 aliphatic carbocycles. The number of carboxylic acids is 1. The van der Waals surface area contributed by atoms with Gasteiger partial charge in [-0.3, -0.25) is 4.79 Å². The van der Waals surface area contributed by atoms with E-state index in [1.165, 1.54) is 43.5 Å². The van der Waals surface area contributed by atoms with Gasteiger partial charge in [0.15, 0.2) is 0 Å².